The van der Waals surface area contributed by atoms with Crippen LogP contribution >= 0.6 is 0 Å². The fraction of sp³-hybridized carbons (Fsp3) is 0.381. The van der Waals surface area contributed by atoms with Crippen LogP contribution in [-0.4, -0.2) is 34.5 Å². The van der Waals surface area contributed by atoms with Crippen LogP contribution in [0, 0.1) is 6.92 Å². The molecule has 0 heterocycles. The van der Waals surface area contributed by atoms with E-state index >= 15 is 0 Å². The van der Waals surface area contributed by atoms with Crippen LogP contribution in [-0.2, 0) is 10.0 Å². The lowest BCUT2D eigenvalue weighted by atomic mass is 10.1. The molecule has 0 saturated heterocycles. The van der Waals surface area contributed by atoms with Gasteiger partial charge in [0.2, 0.25) is 0 Å². The monoisotopic (exact) mass is 404 g/mol. The van der Waals surface area contributed by atoms with E-state index in [-0.39, 0.29) is 16.8 Å². The molecule has 0 spiro atoms. The first-order valence-electron chi connectivity index (χ1n) is 9.25. The molecule has 2 aromatic carbocycles. The van der Waals surface area contributed by atoms with E-state index in [2.05, 4.69) is 12.2 Å². The largest absolute Gasteiger partial charge is 0.497 e. The van der Waals surface area contributed by atoms with Crippen molar-refractivity contribution < 1.29 is 17.9 Å². The molecule has 0 fully saturated rings. The van der Waals surface area contributed by atoms with Gasteiger partial charge in [-0.1, -0.05) is 13.3 Å². The summed E-state index contributed by atoms with van der Waals surface area (Å²) in [7, 11) is -0.689. The van der Waals surface area contributed by atoms with Gasteiger partial charge >= 0.3 is 0 Å². The minimum absolute atomic E-state index is 0.0932. The summed E-state index contributed by atoms with van der Waals surface area (Å²) < 4.78 is 32.2. The first-order valence-corrected chi connectivity index (χ1v) is 10.7. The number of nitrogens with one attached hydrogen (secondary N) is 1. The maximum absolute atomic E-state index is 12.9. The number of amides is 1. The number of methoxy groups -OCH3 is 1. The Hall–Kier alpha value is -2.54. The zero-order valence-corrected chi connectivity index (χ0v) is 17.8. The van der Waals surface area contributed by atoms with Crippen molar-refractivity contribution in [3.8, 4) is 5.75 Å². The van der Waals surface area contributed by atoms with E-state index in [9.17, 15) is 13.2 Å². The zero-order chi connectivity index (χ0) is 20.9. The highest BCUT2D eigenvalue weighted by Crippen LogP contribution is 2.27. The highest BCUT2D eigenvalue weighted by Gasteiger charge is 2.23. The van der Waals surface area contributed by atoms with Crippen LogP contribution in [0.5, 0.6) is 5.75 Å². The quantitative estimate of drug-likeness (QED) is 0.727. The predicted octanol–water partition coefficient (Wildman–Crippen LogP) is 3.75. The smallest absolute Gasteiger partial charge is 0.264 e. The second kappa shape index (κ2) is 9.10. The average Bonchev–Trinajstić information content (AvgIpc) is 2.67. The first-order chi connectivity index (χ1) is 13.2. The molecule has 0 aliphatic rings. The molecule has 1 amide bonds. The SMILES string of the molecule is CCCC(C)NC(=O)c1ccc(N(C)S(=O)(=O)c2ccc(OC)cc2)c(C)c1. The Balaban J connectivity index is 2.25. The number of hydrogen-bond acceptors (Lipinski definition) is 4. The number of ether oxygens (including phenoxy) is 1. The van der Waals surface area contributed by atoms with Gasteiger partial charge in [0, 0.05) is 18.7 Å². The molecular formula is C21H28N2O4S. The molecule has 2 aromatic rings. The predicted molar refractivity (Wildman–Crippen MR) is 112 cm³/mol. The van der Waals surface area contributed by atoms with Crippen LogP contribution in [0.4, 0.5) is 5.69 Å². The van der Waals surface area contributed by atoms with Gasteiger partial charge in [0.05, 0.1) is 17.7 Å². The standard InChI is InChI=1S/C21H28N2O4S/c1-6-7-16(3)22-21(24)17-8-13-20(15(2)14-17)23(4)28(25,26)19-11-9-18(27-5)10-12-19/h8-14,16H,6-7H2,1-5H3,(H,22,24). The Morgan fingerprint density at radius 2 is 1.82 bits per heavy atom. The fourth-order valence-corrected chi connectivity index (χ4v) is 4.26. The van der Waals surface area contributed by atoms with Gasteiger partial charge in [-0.25, -0.2) is 8.42 Å². The lowest BCUT2D eigenvalue weighted by molar-refractivity contribution is 0.0938. The highest BCUT2D eigenvalue weighted by atomic mass is 32.2. The number of sulfonamides is 1. The molecule has 1 atom stereocenters. The van der Waals surface area contributed by atoms with E-state index in [1.807, 2.05) is 6.92 Å². The van der Waals surface area contributed by atoms with Gasteiger partial charge in [0.25, 0.3) is 15.9 Å². The van der Waals surface area contributed by atoms with Gasteiger partial charge in [-0.3, -0.25) is 9.10 Å². The second-order valence-electron chi connectivity index (χ2n) is 6.81. The lowest BCUT2D eigenvalue weighted by Gasteiger charge is -2.22. The molecule has 0 saturated carbocycles. The summed E-state index contributed by atoms with van der Waals surface area (Å²) in [6, 6.07) is 11.4. The van der Waals surface area contributed by atoms with Crippen LogP contribution in [0.3, 0.4) is 0 Å². The van der Waals surface area contributed by atoms with Crippen LogP contribution in [0.25, 0.3) is 0 Å². The maximum Gasteiger partial charge on any atom is 0.264 e. The Morgan fingerprint density at radius 1 is 1.18 bits per heavy atom. The second-order valence-corrected chi connectivity index (χ2v) is 8.78. The third-order valence-electron chi connectivity index (χ3n) is 4.62. The van der Waals surface area contributed by atoms with Crippen LogP contribution in [0.1, 0.15) is 42.6 Å². The molecule has 1 N–H and O–H groups in total. The van der Waals surface area contributed by atoms with E-state index in [1.54, 1.807) is 37.3 Å². The van der Waals surface area contributed by atoms with Crippen molar-refractivity contribution in [3.63, 3.8) is 0 Å². The summed E-state index contributed by atoms with van der Waals surface area (Å²) in [5.41, 5.74) is 1.74. The molecule has 6 nitrogen and oxygen atoms in total. The Kier molecular flexibility index (Phi) is 7.07. The summed E-state index contributed by atoms with van der Waals surface area (Å²) in [5, 5.41) is 2.96. The van der Waals surface area contributed by atoms with Crippen molar-refractivity contribution >= 4 is 21.6 Å². The van der Waals surface area contributed by atoms with E-state index in [0.29, 0.717) is 22.6 Å². The van der Waals surface area contributed by atoms with Gasteiger partial charge in [-0.15, -0.1) is 0 Å². The molecule has 7 heteroatoms. The molecule has 0 aliphatic carbocycles. The number of aryl methyl sites for hydroxylation is 1. The van der Waals surface area contributed by atoms with Crippen LogP contribution in [0.15, 0.2) is 47.4 Å². The number of rotatable bonds is 8. The number of carbonyl (C=O) groups excluding carboxylic acids is 1. The number of benzene rings is 2. The molecule has 2 rings (SSSR count). The average molecular weight is 405 g/mol. The van der Waals surface area contributed by atoms with Crippen molar-refractivity contribution in [2.75, 3.05) is 18.5 Å². The van der Waals surface area contributed by atoms with Crippen molar-refractivity contribution in [2.45, 2.75) is 44.6 Å². The van der Waals surface area contributed by atoms with Crippen molar-refractivity contribution in [3.05, 3.63) is 53.6 Å². The van der Waals surface area contributed by atoms with Crippen LogP contribution < -0.4 is 14.4 Å². The van der Waals surface area contributed by atoms with Gasteiger partial charge in [-0.2, -0.15) is 0 Å². The topological polar surface area (TPSA) is 75.7 Å². The number of anilines is 1. The van der Waals surface area contributed by atoms with E-state index < -0.39 is 10.0 Å². The number of nitrogens with zero attached hydrogens (tertiary/aromatic N) is 1. The summed E-state index contributed by atoms with van der Waals surface area (Å²) in [6.07, 6.45) is 1.90. The Morgan fingerprint density at radius 3 is 2.36 bits per heavy atom. The molecule has 152 valence electrons. The third-order valence-corrected chi connectivity index (χ3v) is 6.40. The Bertz CT molecular complexity index is 924. The fourth-order valence-electron chi connectivity index (χ4n) is 3.00. The summed E-state index contributed by atoms with van der Waals surface area (Å²) in [4.78, 5) is 12.6. The summed E-state index contributed by atoms with van der Waals surface area (Å²) in [6.45, 7) is 5.83. The van der Waals surface area contributed by atoms with Crippen molar-refractivity contribution in [2.24, 2.45) is 0 Å². The molecule has 0 bridgehead atoms. The van der Waals surface area contributed by atoms with E-state index in [0.717, 1.165) is 12.8 Å². The molecule has 1 unspecified atom stereocenters. The normalized spacial score (nSPS) is 12.3. The molecule has 0 radical (unpaired) electrons. The lowest BCUT2D eigenvalue weighted by Crippen LogP contribution is -2.32. The first kappa shape index (κ1) is 21.8. The Labute approximate surface area is 167 Å². The molecule has 0 aliphatic heterocycles. The molecule has 0 aromatic heterocycles. The molecular weight excluding hydrogens is 376 g/mol. The van der Waals surface area contributed by atoms with Gasteiger partial charge < -0.3 is 10.1 Å². The number of hydrogen-bond donors (Lipinski definition) is 1. The van der Waals surface area contributed by atoms with E-state index in [1.165, 1.54) is 30.6 Å². The molecule has 28 heavy (non-hydrogen) atoms. The van der Waals surface area contributed by atoms with E-state index in [4.69, 9.17) is 4.74 Å². The van der Waals surface area contributed by atoms with Gasteiger partial charge in [-0.05, 0) is 68.3 Å². The van der Waals surface area contributed by atoms with Gasteiger partial charge in [0.1, 0.15) is 5.75 Å². The van der Waals surface area contributed by atoms with Crippen molar-refractivity contribution in [1.82, 2.24) is 5.32 Å². The van der Waals surface area contributed by atoms with Crippen LogP contribution in [0.2, 0.25) is 0 Å². The number of carbonyl (C=O) groups is 1. The summed E-state index contributed by atoms with van der Waals surface area (Å²) in [5.74, 6) is 0.432. The maximum atomic E-state index is 12.9. The summed E-state index contributed by atoms with van der Waals surface area (Å²) >= 11 is 0. The van der Waals surface area contributed by atoms with Crippen molar-refractivity contribution in [1.29, 1.82) is 0 Å². The minimum Gasteiger partial charge on any atom is -0.497 e. The third kappa shape index (κ3) is 4.84. The zero-order valence-electron chi connectivity index (χ0n) is 17.0. The highest BCUT2D eigenvalue weighted by molar-refractivity contribution is 7.92. The minimum atomic E-state index is -3.72. The van der Waals surface area contributed by atoms with Gasteiger partial charge in [0.15, 0.2) is 0 Å².